The van der Waals surface area contributed by atoms with Crippen molar-refractivity contribution in [2.45, 2.75) is 13.0 Å². The number of nitrogens with one attached hydrogen (secondary N) is 1. The van der Waals surface area contributed by atoms with Crippen LogP contribution in [-0.4, -0.2) is 50.1 Å². The van der Waals surface area contributed by atoms with Gasteiger partial charge in [-0.25, -0.2) is 4.39 Å². The first-order valence-electron chi connectivity index (χ1n) is 8.78. The Morgan fingerprint density at radius 2 is 1.65 bits per heavy atom. The first-order chi connectivity index (χ1) is 12.5. The Kier molecular flexibility index (Phi) is 5.73. The second-order valence-corrected chi connectivity index (χ2v) is 6.54. The Bertz CT molecular complexity index is 726. The number of halogens is 1. The van der Waals surface area contributed by atoms with Gasteiger partial charge in [-0.1, -0.05) is 0 Å². The molecule has 0 saturated carbocycles. The van der Waals surface area contributed by atoms with Crippen LogP contribution in [0.3, 0.4) is 0 Å². The highest BCUT2D eigenvalue weighted by molar-refractivity contribution is 5.94. The van der Waals surface area contributed by atoms with Gasteiger partial charge >= 0.3 is 0 Å². The molecule has 1 atom stereocenters. The van der Waals surface area contributed by atoms with Gasteiger partial charge in [0, 0.05) is 37.6 Å². The number of amides is 1. The van der Waals surface area contributed by atoms with E-state index in [-0.39, 0.29) is 11.7 Å². The highest BCUT2D eigenvalue weighted by atomic mass is 19.1. The van der Waals surface area contributed by atoms with E-state index in [2.05, 4.69) is 22.2 Å². The summed E-state index contributed by atoms with van der Waals surface area (Å²) in [5.74, 6) is -0.129. The molecular formula is C20H24FN3O2. The minimum absolute atomic E-state index is 0.248. The van der Waals surface area contributed by atoms with Gasteiger partial charge < -0.3 is 19.9 Å². The SMILES string of the molecule is C[C@@H](Oc1ccc(F)cc1)C(=O)Nc1ccc(N2CCN(C)CC2)cc1. The fourth-order valence-corrected chi connectivity index (χ4v) is 2.83. The van der Waals surface area contributed by atoms with Gasteiger partial charge in [0.1, 0.15) is 11.6 Å². The number of rotatable bonds is 5. The summed E-state index contributed by atoms with van der Waals surface area (Å²) in [6.45, 7) is 5.78. The zero-order valence-electron chi connectivity index (χ0n) is 15.1. The van der Waals surface area contributed by atoms with Crippen LogP contribution in [0.4, 0.5) is 15.8 Å². The number of anilines is 2. The monoisotopic (exact) mass is 357 g/mol. The molecule has 1 aliphatic heterocycles. The van der Waals surface area contributed by atoms with Gasteiger partial charge in [-0.05, 0) is 62.5 Å². The molecule has 0 bridgehead atoms. The number of hydrogen-bond donors (Lipinski definition) is 1. The molecule has 1 amide bonds. The van der Waals surface area contributed by atoms with Crippen molar-refractivity contribution < 1.29 is 13.9 Å². The summed E-state index contributed by atoms with van der Waals surface area (Å²) in [6, 6.07) is 13.5. The largest absolute Gasteiger partial charge is 0.481 e. The van der Waals surface area contributed by atoms with Crippen LogP contribution in [0.5, 0.6) is 5.75 Å². The highest BCUT2D eigenvalue weighted by Crippen LogP contribution is 2.20. The molecule has 0 aromatic heterocycles. The van der Waals surface area contributed by atoms with Gasteiger partial charge in [0.15, 0.2) is 6.10 Å². The molecule has 3 rings (SSSR count). The molecule has 138 valence electrons. The third kappa shape index (κ3) is 4.73. The Morgan fingerprint density at radius 3 is 2.27 bits per heavy atom. The summed E-state index contributed by atoms with van der Waals surface area (Å²) in [7, 11) is 2.13. The number of carbonyl (C=O) groups is 1. The molecule has 6 heteroatoms. The molecule has 1 fully saturated rings. The zero-order chi connectivity index (χ0) is 18.5. The van der Waals surface area contributed by atoms with Gasteiger partial charge in [0.25, 0.3) is 5.91 Å². The molecule has 1 aliphatic rings. The second-order valence-electron chi connectivity index (χ2n) is 6.54. The lowest BCUT2D eigenvalue weighted by Crippen LogP contribution is -2.44. The van der Waals surface area contributed by atoms with Crippen molar-refractivity contribution in [2.24, 2.45) is 0 Å². The number of nitrogens with zero attached hydrogens (tertiary/aromatic N) is 2. The number of piperazine rings is 1. The summed E-state index contributed by atoms with van der Waals surface area (Å²) in [5, 5.41) is 2.85. The summed E-state index contributed by atoms with van der Waals surface area (Å²) in [5.41, 5.74) is 1.88. The van der Waals surface area contributed by atoms with E-state index in [1.807, 2.05) is 24.3 Å². The van der Waals surface area contributed by atoms with Crippen molar-refractivity contribution in [1.29, 1.82) is 0 Å². The van der Waals surface area contributed by atoms with E-state index >= 15 is 0 Å². The van der Waals surface area contributed by atoms with Crippen LogP contribution in [0.25, 0.3) is 0 Å². The smallest absolute Gasteiger partial charge is 0.265 e. The molecule has 0 aliphatic carbocycles. The third-order valence-corrected chi connectivity index (χ3v) is 4.50. The molecule has 26 heavy (non-hydrogen) atoms. The predicted octanol–water partition coefficient (Wildman–Crippen LogP) is 2.98. The van der Waals surface area contributed by atoms with Crippen LogP contribution in [0.1, 0.15) is 6.92 Å². The number of carbonyl (C=O) groups excluding carboxylic acids is 1. The molecule has 2 aromatic rings. The summed E-state index contributed by atoms with van der Waals surface area (Å²) in [4.78, 5) is 16.9. The third-order valence-electron chi connectivity index (χ3n) is 4.50. The first-order valence-corrected chi connectivity index (χ1v) is 8.78. The van der Waals surface area contributed by atoms with Gasteiger partial charge in [-0.3, -0.25) is 4.79 Å². The van der Waals surface area contributed by atoms with Crippen molar-refractivity contribution in [2.75, 3.05) is 43.4 Å². The molecule has 1 heterocycles. The maximum atomic E-state index is 12.9. The molecule has 0 radical (unpaired) electrons. The zero-order valence-corrected chi connectivity index (χ0v) is 15.1. The summed E-state index contributed by atoms with van der Waals surface area (Å²) >= 11 is 0. The molecule has 2 aromatic carbocycles. The van der Waals surface area contributed by atoms with Crippen molar-refractivity contribution >= 4 is 17.3 Å². The fraction of sp³-hybridized carbons (Fsp3) is 0.350. The van der Waals surface area contributed by atoms with Crippen LogP contribution in [0.15, 0.2) is 48.5 Å². The Hall–Kier alpha value is -2.60. The average molecular weight is 357 g/mol. The van der Waals surface area contributed by atoms with Crippen LogP contribution in [0.2, 0.25) is 0 Å². The maximum Gasteiger partial charge on any atom is 0.265 e. The van der Waals surface area contributed by atoms with E-state index < -0.39 is 6.10 Å². The normalized spacial score (nSPS) is 16.2. The van der Waals surface area contributed by atoms with E-state index in [9.17, 15) is 9.18 Å². The molecule has 0 unspecified atom stereocenters. The average Bonchev–Trinajstić information content (AvgIpc) is 2.65. The van der Waals surface area contributed by atoms with Crippen molar-refractivity contribution in [1.82, 2.24) is 4.90 Å². The first kappa shape index (κ1) is 18.2. The summed E-state index contributed by atoms with van der Waals surface area (Å²) < 4.78 is 18.5. The highest BCUT2D eigenvalue weighted by Gasteiger charge is 2.16. The minimum Gasteiger partial charge on any atom is -0.481 e. The van der Waals surface area contributed by atoms with Gasteiger partial charge in [0.2, 0.25) is 0 Å². The maximum absolute atomic E-state index is 12.9. The van der Waals surface area contributed by atoms with E-state index in [1.165, 1.54) is 24.3 Å². The van der Waals surface area contributed by atoms with E-state index in [0.29, 0.717) is 5.75 Å². The lowest BCUT2D eigenvalue weighted by molar-refractivity contribution is -0.122. The summed E-state index contributed by atoms with van der Waals surface area (Å²) in [6.07, 6.45) is -0.683. The molecule has 5 nitrogen and oxygen atoms in total. The van der Waals surface area contributed by atoms with E-state index in [1.54, 1.807) is 6.92 Å². The van der Waals surface area contributed by atoms with E-state index in [0.717, 1.165) is 37.6 Å². The van der Waals surface area contributed by atoms with Crippen LogP contribution in [-0.2, 0) is 4.79 Å². The lowest BCUT2D eigenvalue weighted by Gasteiger charge is -2.34. The molecule has 1 N–H and O–H groups in total. The van der Waals surface area contributed by atoms with Gasteiger partial charge in [-0.15, -0.1) is 0 Å². The van der Waals surface area contributed by atoms with Gasteiger partial charge in [-0.2, -0.15) is 0 Å². The number of hydrogen-bond acceptors (Lipinski definition) is 4. The molecule has 0 spiro atoms. The van der Waals surface area contributed by atoms with Crippen molar-refractivity contribution in [3.05, 3.63) is 54.3 Å². The standard InChI is InChI=1S/C20H24FN3O2/c1-15(26-19-9-3-16(21)4-10-19)20(25)22-17-5-7-18(8-6-17)24-13-11-23(2)12-14-24/h3-10,15H,11-14H2,1-2H3,(H,22,25)/t15-/m1/s1. The Labute approximate surface area is 153 Å². The van der Waals surface area contributed by atoms with Crippen LogP contribution >= 0.6 is 0 Å². The Morgan fingerprint density at radius 1 is 1.04 bits per heavy atom. The van der Waals surface area contributed by atoms with Crippen molar-refractivity contribution in [3.63, 3.8) is 0 Å². The lowest BCUT2D eigenvalue weighted by atomic mass is 10.2. The topological polar surface area (TPSA) is 44.8 Å². The number of benzene rings is 2. The molecular weight excluding hydrogens is 333 g/mol. The van der Waals surface area contributed by atoms with E-state index in [4.69, 9.17) is 4.74 Å². The van der Waals surface area contributed by atoms with Gasteiger partial charge in [0.05, 0.1) is 0 Å². The Balaban J connectivity index is 1.54. The second kappa shape index (κ2) is 8.19. The van der Waals surface area contributed by atoms with Crippen LogP contribution in [0, 0.1) is 5.82 Å². The minimum atomic E-state index is -0.683. The predicted molar refractivity (Wildman–Crippen MR) is 101 cm³/mol. The molecule has 1 saturated heterocycles. The van der Waals surface area contributed by atoms with Crippen molar-refractivity contribution in [3.8, 4) is 5.75 Å². The number of ether oxygens (including phenoxy) is 1. The fourth-order valence-electron chi connectivity index (χ4n) is 2.83. The quantitative estimate of drug-likeness (QED) is 0.894. The number of likely N-dealkylation sites (N-methyl/N-ethyl adjacent to an activating group) is 1. The van der Waals surface area contributed by atoms with Crippen LogP contribution < -0.4 is 15.0 Å².